The molecule has 29 heavy (non-hydrogen) atoms. The first-order valence-corrected chi connectivity index (χ1v) is 9.68. The maximum atomic E-state index is 9.43. The average Bonchev–Trinajstić information content (AvgIpc) is 2.78. The first-order chi connectivity index (χ1) is 14.2. The van der Waals surface area contributed by atoms with E-state index in [1.165, 1.54) is 27.1 Å². The highest BCUT2D eigenvalue weighted by Crippen LogP contribution is 2.35. The van der Waals surface area contributed by atoms with Gasteiger partial charge in [0.25, 0.3) is 0 Å². The van der Waals surface area contributed by atoms with Crippen LogP contribution >= 0.6 is 0 Å². The Balaban J connectivity index is 1.63. The molecule has 5 rings (SSSR count). The Morgan fingerprint density at radius 1 is 0.517 bits per heavy atom. The maximum Gasteiger partial charge on any atom is 0.488 e. The van der Waals surface area contributed by atoms with Crippen molar-refractivity contribution in [1.29, 1.82) is 0 Å². The smallest absolute Gasteiger partial charge is 0.423 e. The van der Waals surface area contributed by atoms with Crippen molar-refractivity contribution in [2.45, 2.75) is 0 Å². The predicted octanol–water partition coefficient (Wildman–Crippen LogP) is 5.01. The highest BCUT2D eigenvalue weighted by molar-refractivity contribution is 6.58. The molecule has 5 aromatic rings. The van der Waals surface area contributed by atoms with Gasteiger partial charge in [-0.25, -0.2) is 0 Å². The zero-order valence-corrected chi connectivity index (χ0v) is 15.8. The van der Waals surface area contributed by atoms with E-state index in [4.69, 9.17) is 0 Å². The van der Waals surface area contributed by atoms with Crippen LogP contribution in [0.1, 0.15) is 0 Å². The van der Waals surface area contributed by atoms with Gasteiger partial charge in [-0.2, -0.15) is 0 Å². The summed E-state index contributed by atoms with van der Waals surface area (Å²) in [6.07, 6.45) is 0. The van der Waals surface area contributed by atoms with Crippen molar-refractivity contribution in [1.82, 2.24) is 0 Å². The average molecular weight is 374 g/mol. The van der Waals surface area contributed by atoms with Crippen molar-refractivity contribution in [2.75, 3.05) is 0 Å². The lowest BCUT2D eigenvalue weighted by Crippen LogP contribution is -2.29. The first-order valence-electron chi connectivity index (χ1n) is 9.68. The van der Waals surface area contributed by atoms with Crippen LogP contribution in [0.25, 0.3) is 43.8 Å². The molecular weight excluding hydrogens is 355 g/mol. The highest BCUT2D eigenvalue weighted by atomic mass is 16.4. The molecular formula is C26H19BO2. The van der Waals surface area contributed by atoms with Crippen LogP contribution < -0.4 is 5.46 Å². The van der Waals surface area contributed by atoms with Gasteiger partial charge in [0.2, 0.25) is 0 Å². The molecule has 2 N–H and O–H groups in total. The van der Waals surface area contributed by atoms with Crippen molar-refractivity contribution in [3.05, 3.63) is 103 Å². The lowest BCUT2D eigenvalue weighted by molar-refractivity contribution is 0.426. The van der Waals surface area contributed by atoms with Gasteiger partial charge in [-0.15, -0.1) is 0 Å². The van der Waals surface area contributed by atoms with Crippen molar-refractivity contribution in [3.63, 3.8) is 0 Å². The van der Waals surface area contributed by atoms with Gasteiger partial charge in [0.05, 0.1) is 0 Å². The van der Waals surface area contributed by atoms with Gasteiger partial charge >= 0.3 is 7.12 Å². The van der Waals surface area contributed by atoms with Gasteiger partial charge in [-0.1, -0.05) is 103 Å². The van der Waals surface area contributed by atoms with E-state index < -0.39 is 7.12 Å². The minimum atomic E-state index is -1.46. The molecule has 0 amide bonds. The van der Waals surface area contributed by atoms with Crippen LogP contribution in [0.2, 0.25) is 0 Å². The SMILES string of the molecule is OB(O)c1cccc(-c2ccc(-c3cccc4ccc5ccccc5c34)cc2)c1. The monoisotopic (exact) mass is 374 g/mol. The predicted molar refractivity (Wildman–Crippen MR) is 122 cm³/mol. The van der Waals surface area contributed by atoms with Gasteiger partial charge in [-0.3, -0.25) is 0 Å². The van der Waals surface area contributed by atoms with Crippen molar-refractivity contribution >= 4 is 34.1 Å². The van der Waals surface area contributed by atoms with E-state index in [0.29, 0.717) is 5.46 Å². The topological polar surface area (TPSA) is 40.5 Å². The molecule has 0 heterocycles. The Hall–Kier alpha value is -3.40. The summed E-state index contributed by atoms with van der Waals surface area (Å²) in [6.45, 7) is 0. The van der Waals surface area contributed by atoms with Gasteiger partial charge in [0, 0.05) is 0 Å². The van der Waals surface area contributed by atoms with Crippen LogP contribution in [-0.4, -0.2) is 17.2 Å². The Bertz CT molecular complexity index is 1320. The standard InChI is InChI=1S/C26H19BO2/c28-27(29)23-8-3-7-22(17-23)18-11-13-20(14-12-18)25-10-4-6-21-16-15-19-5-1-2-9-24(19)26(21)25/h1-17,28-29H. The molecule has 0 aromatic heterocycles. The Labute approximate surface area is 169 Å². The first kappa shape index (κ1) is 17.7. The molecule has 0 bridgehead atoms. The fourth-order valence-corrected chi connectivity index (χ4v) is 4.02. The molecule has 0 aliphatic heterocycles. The molecule has 2 nitrogen and oxygen atoms in total. The van der Waals surface area contributed by atoms with E-state index in [2.05, 4.69) is 78.9 Å². The molecule has 0 aliphatic rings. The number of fused-ring (bicyclic) bond motifs is 3. The minimum Gasteiger partial charge on any atom is -0.423 e. The highest BCUT2D eigenvalue weighted by Gasteiger charge is 2.12. The third-order valence-electron chi connectivity index (χ3n) is 5.48. The number of hydrogen-bond acceptors (Lipinski definition) is 2. The Kier molecular flexibility index (Phi) is 4.40. The van der Waals surface area contributed by atoms with Crippen LogP contribution in [0.3, 0.4) is 0 Å². The van der Waals surface area contributed by atoms with Gasteiger partial charge in [-0.05, 0) is 49.3 Å². The maximum absolute atomic E-state index is 9.43. The van der Waals surface area contributed by atoms with Crippen molar-refractivity contribution in [3.8, 4) is 22.3 Å². The summed E-state index contributed by atoms with van der Waals surface area (Å²) in [4.78, 5) is 0. The van der Waals surface area contributed by atoms with Crippen LogP contribution in [0.4, 0.5) is 0 Å². The second-order valence-electron chi connectivity index (χ2n) is 7.27. The zero-order chi connectivity index (χ0) is 19.8. The third-order valence-corrected chi connectivity index (χ3v) is 5.48. The van der Waals surface area contributed by atoms with Crippen molar-refractivity contribution in [2.24, 2.45) is 0 Å². The molecule has 0 fully saturated rings. The van der Waals surface area contributed by atoms with Crippen LogP contribution in [0, 0.1) is 0 Å². The third kappa shape index (κ3) is 3.21. The summed E-state index contributed by atoms with van der Waals surface area (Å²) in [5, 5.41) is 23.9. The van der Waals surface area contributed by atoms with E-state index in [9.17, 15) is 10.0 Å². The molecule has 0 unspecified atom stereocenters. The minimum absolute atomic E-state index is 0.493. The number of benzene rings is 5. The van der Waals surface area contributed by atoms with Crippen LogP contribution in [0.15, 0.2) is 103 Å². The number of hydrogen-bond donors (Lipinski definition) is 2. The molecule has 0 saturated heterocycles. The van der Waals surface area contributed by atoms with Gasteiger partial charge < -0.3 is 10.0 Å². The van der Waals surface area contributed by atoms with Gasteiger partial charge in [0.15, 0.2) is 0 Å². The molecule has 0 radical (unpaired) electrons. The second-order valence-corrected chi connectivity index (χ2v) is 7.27. The van der Waals surface area contributed by atoms with E-state index in [1.54, 1.807) is 6.07 Å². The lowest BCUT2D eigenvalue weighted by Gasteiger charge is -2.11. The zero-order valence-electron chi connectivity index (χ0n) is 15.8. The van der Waals surface area contributed by atoms with Crippen molar-refractivity contribution < 1.29 is 10.0 Å². The summed E-state index contributed by atoms with van der Waals surface area (Å²) in [5.74, 6) is 0. The fraction of sp³-hybridized carbons (Fsp3) is 0. The molecule has 138 valence electrons. The molecule has 0 saturated carbocycles. The molecule has 5 aromatic carbocycles. The summed E-state index contributed by atoms with van der Waals surface area (Å²) in [6, 6.07) is 35.1. The second kappa shape index (κ2) is 7.21. The van der Waals surface area contributed by atoms with Crippen LogP contribution in [-0.2, 0) is 0 Å². The molecule has 0 atom stereocenters. The Morgan fingerprint density at radius 3 is 2.03 bits per heavy atom. The summed E-state index contributed by atoms with van der Waals surface area (Å²) < 4.78 is 0. The van der Waals surface area contributed by atoms with E-state index >= 15 is 0 Å². The largest absolute Gasteiger partial charge is 0.488 e. The normalized spacial score (nSPS) is 11.1. The van der Waals surface area contributed by atoms with Gasteiger partial charge in [0.1, 0.15) is 0 Å². The van der Waals surface area contributed by atoms with Crippen LogP contribution in [0.5, 0.6) is 0 Å². The quantitative estimate of drug-likeness (QED) is 0.344. The molecule has 0 aliphatic carbocycles. The molecule has 3 heteroatoms. The summed E-state index contributed by atoms with van der Waals surface area (Å²) in [7, 11) is -1.46. The van der Waals surface area contributed by atoms with E-state index in [-0.39, 0.29) is 0 Å². The molecule has 0 spiro atoms. The number of rotatable bonds is 3. The fourth-order valence-electron chi connectivity index (χ4n) is 4.02. The van der Waals surface area contributed by atoms with E-state index in [0.717, 1.165) is 16.7 Å². The van der Waals surface area contributed by atoms with E-state index in [1.807, 2.05) is 18.2 Å². The lowest BCUT2D eigenvalue weighted by atomic mass is 9.79. The summed E-state index contributed by atoms with van der Waals surface area (Å²) in [5.41, 5.74) is 4.87. The summed E-state index contributed by atoms with van der Waals surface area (Å²) >= 11 is 0. The Morgan fingerprint density at radius 2 is 1.21 bits per heavy atom.